The zero-order valence-electron chi connectivity index (χ0n) is 15.0. The van der Waals surface area contributed by atoms with Gasteiger partial charge in [0.25, 0.3) is 11.1 Å². The van der Waals surface area contributed by atoms with Crippen molar-refractivity contribution in [3.63, 3.8) is 0 Å². The lowest BCUT2D eigenvalue weighted by Crippen LogP contribution is -2.28. The fourth-order valence-corrected chi connectivity index (χ4v) is 3.91. The maximum Gasteiger partial charge on any atom is 0.293 e. The van der Waals surface area contributed by atoms with Gasteiger partial charge in [0, 0.05) is 22.7 Å². The summed E-state index contributed by atoms with van der Waals surface area (Å²) in [6, 6.07) is 10.1. The first-order chi connectivity index (χ1) is 14.3. The van der Waals surface area contributed by atoms with Crippen LogP contribution < -0.4 is 0 Å². The quantitative estimate of drug-likeness (QED) is 0.441. The average Bonchev–Trinajstić information content (AvgIpc) is 3.24. The summed E-state index contributed by atoms with van der Waals surface area (Å²) in [4.78, 5) is 25.8. The molecule has 9 heteroatoms. The number of benzene rings is 2. The third-order valence-electron chi connectivity index (χ3n) is 4.35. The van der Waals surface area contributed by atoms with E-state index in [0.717, 1.165) is 17.0 Å². The van der Waals surface area contributed by atoms with E-state index in [4.69, 9.17) is 16.0 Å². The van der Waals surface area contributed by atoms with Gasteiger partial charge in [0.05, 0.1) is 17.0 Å². The van der Waals surface area contributed by atoms with Gasteiger partial charge in [-0.2, -0.15) is 0 Å². The van der Waals surface area contributed by atoms with E-state index in [1.807, 2.05) is 0 Å². The second kappa shape index (κ2) is 8.04. The lowest BCUT2D eigenvalue weighted by molar-refractivity contribution is -0.123. The summed E-state index contributed by atoms with van der Waals surface area (Å²) >= 11 is 6.64. The molecule has 1 aliphatic heterocycles. The molecule has 30 heavy (non-hydrogen) atoms. The van der Waals surface area contributed by atoms with Crippen molar-refractivity contribution in [1.82, 2.24) is 4.90 Å². The van der Waals surface area contributed by atoms with E-state index in [0.29, 0.717) is 11.8 Å². The number of thioether (sulfide) groups is 1. The summed E-state index contributed by atoms with van der Waals surface area (Å²) in [5.74, 6) is -2.43. The van der Waals surface area contributed by atoms with Crippen LogP contribution in [0.5, 0.6) is 0 Å². The van der Waals surface area contributed by atoms with E-state index in [2.05, 4.69) is 0 Å². The van der Waals surface area contributed by atoms with Gasteiger partial charge >= 0.3 is 0 Å². The highest BCUT2D eigenvalue weighted by molar-refractivity contribution is 8.18. The maximum atomic E-state index is 14.0. The minimum absolute atomic E-state index is 0.0368. The van der Waals surface area contributed by atoms with Crippen molar-refractivity contribution in [2.45, 2.75) is 6.54 Å². The van der Waals surface area contributed by atoms with Crippen LogP contribution >= 0.6 is 23.4 Å². The van der Waals surface area contributed by atoms with E-state index in [1.54, 1.807) is 0 Å². The van der Waals surface area contributed by atoms with E-state index in [-0.39, 0.29) is 39.1 Å². The Hall–Kier alpha value is -2.97. The molecule has 0 N–H and O–H groups in total. The molecule has 4 nitrogen and oxygen atoms in total. The molecule has 1 aliphatic rings. The lowest BCUT2D eigenvalue weighted by atomic mass is 10.1. The minimum Gasteiger partial charge on any atom is -0.457 e. The topological polar surface area (TPSA) is 50.5 Å². The van der Waals surface area contributed by atoms with Crippen LogP contribution in [0.15, 0.2) is 57.9 Å². The van der Waals surface area contributed by atoms with Crippen LogP contribution in [0, 0.1) is 17.5 Å². The van der Waals surface area contributed by atoms with Crippen LogP contribution in [0.4, 0.5) is 18.0 Å². The molecule has 1 saturated heterocycles. The van der Waals surface area contributed by atoms with Gasteiger partial charge in [-0.3, -0.25) is 14.5 Å². The minimum atomic E-state index is -0.794. The van der Waals surface area contributed by atoms with Gasteiger partial charge in [0.2, 0.25) is 0 Å². The molecule has 1 aromatic heterocycles. The molecule has 0 atom stereocenters. The molecule has 0 bridgehead atoms. The van der Waals surface area contributed by atoms with Crippen molar-refractivity contribution in [1.29, 1.82) is 0 Å². The normalized spacial score (nSPS) is 15.5. The first-order valence-corrected chi connectivity index (χ1v) is 9.76. The van der Waals surface area contributed by atoms with Crippen molar-refractivity contribution in [3.8, 4) is 11.3 Å². The molecule has 2 aromatic carbocycles. The molecule has 0 radical (unpaired) electrons. The fraction of sp³-hybridized carbons (Fsp3) is 0.0476. The average molecular weight is 450 g/mol. The van der Waals surface area contributed by atoms with Crippen molar-refractivity contribution in [3.05, 3.63) is 87.2 Å². The first-order valence-electron chi connectivity index (χ1n) is 8.57. The summed E-state index contributed by atoms with van der Waals surface area (Å²) in [6.45, 7) is -0.308. The van der Waals surface area contributed by atoms with Crippen LogP contribution in [-0.4, -0.2) is 16.0 Å². The molecule has 2 amide bonds. The lowest BCUT2D eigenvalue weighted by Gasteiger charge is -2.14. The largest absolute Gasteiger partial charge is 0.457 e. The van der Waals surface area contributed by atoms with Gasteiger partial charge in [-0.05, 0) is 48.2 Å². The number of carbonyl (C=O) groups is 2. The summed E-state index contributed by atoms with van der Waals surface area (Å²) < 4.78 is 46.5. The molecule has 152 valence electrons. The van der Waals surface area contributed by atoms with Gasteiger partial charge in [-0.25, -0.2) is 13.2 Å². The highest BCUT2D eigenvalue weighted by Crippen LogP contribution is 2.35. The maximum absolute atomic E-state index is 14.0. The third-order valence-corrected chi connectivity index (χ3v) is 5.61. The fourth-order valence-electron chi connectivity index (χ4n) is 2.87. The SMILES string of the molecule is O=C1S/C(=C\c2ccc(-c3ccc(F)cc3F)o2)C(=O)N1Cc1c(F)cccc1Cl. The molecule has 3 aromatic rings. The van der Waals surface area contributed by atoms with Gasteiger partial charge in [-0.15, -0.1) is 0 Å². The Labute approximate surface area is 177 Å². The van der Waals surface area contributed by atoms with Crippen molar-refractivity contribution < 1.29 is 27.2 Å². The zero-order chi connectivity index (χ0) is 21.4. The molecule has 4 rings (SSSR count). The molecular formula is C21H11ClF3NO3S. The van der Waals surface area contributed by atoms with E-state index >= 15 is 0 Å². The Morgan fingerprint density at radius 3 is 2.57 bits per heavy atom. The number of hydrogen-bond donors (Lipinski definition) is 0. The van der Waals surface area contributed by atoms with Gasteiger partial charge in [-0.1, -0.05) is 17.7 Å². The Bertz CT molecular complexity index is 1190. The standard InChI is InChI=1S/C21H11ClF3NO3S/c22-15-2-1-3-16(24)14(15)10-26-20(27)19(30-21(26)28)9-12-5-7-18(29-12)13-6-4-11(23)8-17(13)25/h1-9H,10H2/b19-9-. The summed E-state index contributed by atoms with van der Waals surface area (Å²) in [6.07, 6.45) is 1.33. The van der Waals surface area contributed by atoms with Gasteiger partial charge in [0.1, 0.15) is 29.0 Å². The highest BCUT2D eigenvalue weighted by Gasteiger charge is 2.36. The third kappa shape index (κ3) is 3.88. The van der Waals surface area contributed by atoms with Crippen molar-refractivity contribution in [2.24, 2.45) is 0 Å². The van der Waals surface area contributed by atoms with Crippen LogP contribution in [0.3, 0.4) is 0 Å². The highest BCUT2D eigenvalue weighted by atomic mass is 35.5. The molecule has 0 unspecified atom stereocenters. The number of halogens is 4. The van der Waals surface area contributed by atoms with Gasteiger partial charge in [0.15, 0.2) is 0 Å². The Morgan fingerprint density at radius 1 is 1.03 bits per heavy atom. The van der Waals surface area contributed by atoms with E-state index in [9.17, 15) is 22.8 Å². The van der Waals surface area contributed by atoms with Crippen LogP contribution in [0.25, 0.3) is 17.4 Å². The smallest absolute Gasteiger partial charge is 0.293 e. The Kier molecular flexibility index (Phi) is 5.44. The first kappa shape index (κ1) is 20.3. The monoisotopic (exact) mass is 449 g/mol. The molecule has 2 heterocycles. The summed E-state index contributed by atoms with van der Waals surface area (Å²) in [5.41, 5.74) is 0.0909. The number of nitrogens with zero attached hydrogens (tertiary/aromatic N) is 1. The second-order valence-electron chi connectivity index (χ2n) is 6.29. The van der Waals surface area contributed by atoms with Crippen LogP contribution in [-0.2, 0) is 11.3 Å². The van der Waals surface area contributed by atoms with Gasteiger partial charge < -0.3 is 4.42 Å². The summed E-state index contributed by atoms with van der Waals surface area (Å²) in [7, 11) is 0. The molecule has 0 aliphatic carbocycles. The second-order valence-corrected chi connectivity index (χ2v) is 7.69. The molecule has 0 spiro atoms. The van der Waals surface area contributed by atoms with Crippen molar-refractivity contribution in [2.75, 3.05) is 0 Å². The Balaban J connectivity index is 1.57. The number of amides is 2. The van der Waals surface area contributed by atoms with E-state index in [1.165, 1.54) is 42.5 Å². The van der Waals surface area contributed by atoms with E-state index < -0.39 is 28.6 Å². The zero-order valence-corrected chi connectivity index (χ0v) is 16.6. The number of furan rings is 1. The van der Waals surface area contributed by atoms with Crippen LogP contribution in [0.1, 0.15) is 11.3 Å². The number of carbonyl (C=O) groups excluding carboxylic acids is 2. The molecular weight excluding hydrogens is 439 g/mol. The molecule has 1 fully saturated rings. The predicted octanol–water partition coefficient (Wildman–Crippen LogP) is 6.25. The number of imide groups is 1. The van der Waals surface area contributed by atoms with Crippen LogP contribution in [0.2, 0.25) is 5.02 Å². The molecule has 0 saturated carbocycles. The predicted molar refractivity (Wildman–Crippen MR) is 107 cm³/mol. The summed E-state index contributed by atoms with van der Waals surface area (Å²) in [5, 5.41) is -0.475. The number of rotatable bonds is 4. The number of hydrogen-bond acceptors (Lipinski definition) is 4. The van der Waals surface area contributed by atoms with Crippen molar-refractivity contribution >= 4 is 40.6 Å². The Morgan fingerprint density at radius 2 is 1.83 bits per heavy atom.